The lowest BCUT2D eigenvalue weighted by molar-refractivity contribution is -0.153. The van der Waals surface area contributed by atoms with Gasteiger partial charge in [-0.25, -0.2) is 4.79 Å². The molecule has 0 fully saturated rings. The molecular formula is C30H49NO8. The van der Waals surface area contributed by atoms with Crippen LogP contribution in [0.2, 0.25) is 0 Å². The summed E-state index contributed by atoms with van der Waals surface area (Å²) in [7, 11) is 4.96. The van der Waals surface area contributed by atoms with Crippen LogP contribution in [0, 0.1) is 23.7 Å². The summed E-state index contributed by atoms with van der Waals surface area (Å²) in [5.74, 6) is -0.572. The largest absolute Gasteiger partial charge is 0.462 e. The van der Waals surface area contributed by atoms with E-state index in [2.05, 4.69) is 6.92 Å². The van der Waals surface area contributed by atoms with Gasteiger partial charge in [0.15, 0.2) is 0 Å². The Labute approximate surface area is 234 Å². The quantitative estimate of drug-likeness (QED) is 0.164. The lowest BCUT2D eigenvalue weighted by atomic mass is 9.84. The molecule has 1 amide bonds. The number of carbonyl (C=O) groups excluding carboxylic acids is 3. The van der Waals surface area contributed by atoms with Crippen molar-refractivity contribution < 1.29 is 37.7 Å². The molecular weight excluding hydrogens is 502 g/mol. The van der Waals surface area contributed by atoms with Gasteiger partial charge in [0.1, 0.15) is 12.2 Å². The lowest BCUT2D eigenvalue weighted by Gasteiger charge is -2.34. The molecule has 1 rings (SSSR count). The molecule has 0 N–H and O–H groups in total. The molecule has 0 radical (unpaired) electrons. The first-order valence-electron chi connectivity index (χ1n) is 13.8. The molecule has 0 aliphatic rings. The Morgan fingerprint density at radius 3 is 2.21 bits per heavy atom. The van der Waals surface area contributed by atoms with Gasteiger partial charge in [-0.05, 0) is 36.8 Å². The second-order valence-corrected chi connectivity index (χ2v) is 10.6. The van der Waals surface area contributed by atoms with Crippen molar-refractivity contribution in [2.75, 3.05) is 21.3 Å². The van der Waals surface area contributed by atoms with Crippen molar-refractivity contribution in [3.63, 3.8) is 0 Å². The second-order valence-electron chi connectivity index (χ2n) is 10.6. The number of amides is 1. The normalized spacial score (nSPS) is 17.2. The molecule has 0 saturated carbocycles. The van der Waals surface area contributed by atoms with Gasteiger partial charge in [-0.2, -0.15) is 0 Å². The predicted octanol–water partition coefficient (Wildman–Crippen LogP) is 5.49. The Kier molecular flexibility index (Phi) is 15.7. The van der Waals surface area contributed by atoms with E-state index in [1.54, 1.807) is 46.5 Å². The maximum atomic E-state index is 12.9. The summed E-state index contributed by atoms with van der Waals surface area (Å²) in [5.41, 5.74) is 0. The monoisotopic (exact) mass is 551 g/mol. The number of hydrogen-bond acceptors (Lipinski definition) is 8. The molecule has 9 nitrogen and oxygen atoms in total. The summed E-state index contributed by atoms with van der Waals surface area (Å²) >= 11 is 0. The molecule has 1 aromatic heterocycles. The van der Waals surface area contributed by atoms with Crippen LogP contribution in [0.4, 0.5) is 0 Å². The van der Waals surface area contributed by atoms with Crippen LogP contribution >= 0.6 is 0 Å². The zero-order valence-corrected chi connectivity index (χ0v) is 25.1. The zero-order chi connectivity index (χ0) is 29.5. The van der Waals surface area contributed by atoms with Crippen LogP contribution in [0.1, 0.15) is 77.8 Å². The van der Waals surface area contributed by atoms with E-state index < -0.39 is 12.1 Å². The van der Waals surface area contributed by atoms with Gasteiger partial charge < -0.3 is 28.3 Å². The van der Waals surface area contributed by atoms with Gasteiger partial charge in [-0.1, -0.05) is 47.6 Å². The van der Waals surface area contributed by atoms with Crippen molar-refractivity contribution in [2.24, 2.45) is 23.7 Å². The fraction of sp³-hybridized carbons (Fsp3) is 0.700. The molecule has 0 saturated heterocycles. The van der Waals surface area contributed by atoms with Crippen LogP contribution in [0.25, 0.3) is 0 Å². The molecule has 0 unspecified atom stereocenters. The van der Waals surface area contributed by atoms with Crippen molar-refractivity contribution in [1.82, 2.24) is 4.90 Å². The Morgan fingerprint density at radius 1 is 1.00 bits per heavy atom. The van der Waals surface area contributed by atoms with E-state index in [0.29, 0.717) is 25.7 Å². The van der Waals surface area contributed by atoms with E-state index in [9.17, 15) is 14.4 Å². The first kappa shape index (κ1) is 34.4. The molecule has 1 heterocycles. The summed E-state index contributed by atoms with van der Waals surface area (Å²) < 4.78 is 28.6. The average molecular weight is 552 g/mol. The number of esters is 2. The molecule has 9 heteroatoms. The third-order valence-electron chi connectivity index (χ3n) is 7.29. The van der Waals surface area contributed by atoms with Gasteiger partial charge >= 0.3 is 11.9 Å². The molecule has 0 aromatic carbocycles. The van der Waals surface area contributed by atoms with E-state index in [4.69, 9.17) is 23.4 Å². The number of hydrogen-bond donors (Lipinski definition) is 0. The van der Waals surface area contributed by atoms with Crippen LogP contribution in [-0.4, -0.2) is 68.9 Å². The number of nitrogens with zero attached hydrogens (tertiary/aromatic N) is 1. The van der Waals surface area contributed by atoms with Crippen molar-refractivity contribution >= 4 is 18.3 Å². The van der Waals surface area contributed by atoms with Crippen molar-refractivity contribution in [2.45, 2.75) is 91.6 Å². The smallest absolute Gasteiger partial charge is 0.374 e. The third kappa shape index (κ3) is 11.5. The molecule has 39 heavy (non-hydrogen) atoms. The Hall–Kier alpha value is -2.65. The molecule has 0 bridgehead atoms. The predicted molar refractivity (Wildman–Crippen MR) is 149 cm³/mol. The Bertz CT molecular complexity index is 868. The lowest BCUT2D eigenvalue weighted by Crippen LogP contribution is -2.38. The Balaban J connectivity index is 3.06. The van der Waals surface area contributed by atoms with Crippen molar-refractivity contribution in [3.8, 4) is 0 Å². The molecule has 7 atom stereocenters. The minimum Gasteiger partial charge on any atom is -0.462 e. The van der Waals surface area contributed by atoms with E-state index in [1.165, 1.54) is 11.2 Å². The highest BCUT2D eigenvalue weighted by Gasteiger charge is 2.34. The summed E-state index contributed by atoms with van der Waals surface area (Å²) in [6.45, 7) is 11.9. The first-order chi connectivity index (χ1) is 18.5. The third-order valence-corrected chi connectivity index (χ3v) is 7.29. The molecule has 0 aliphatic heterocycles. The highest BCUT2D eigenvalue weighted by Crippen LogP contribution is 2.29. The first-order valence-corrected chi connectivity index (χ1v) is 13.8. The number of carbonyl (C=O) groups is 3. The summed E-state index contributed by atoms with van der Waals surface area (Å²) in [6, 6.07) is 3.22. The van der Waals surface area contributed by atoms with Gasteiger partial charge in [0, 0.05) is 52.1 Å². The minimum absolute atomic E-state index is 0.0542. The van der Waals surface area contributed by atoms with E-state index in [0.717, 1.165) is 6.41 Å². The van der Waals surface area contributed by atoms with Gasteiger partial charge in [0.25, 0.3) is 0 Å². The van der Waals surface area contributed by atoms with Crippen LogP contribution < -0.4 is 0 Å². The SMILES string of the molecule is CCC(=O)O[C@@H](C[C@H](OC)[C@@H](C)CC[C@@H](OC(=O)c1ccco1)[C@H](C)[C@H](OC)[C@H](C)/C=C/N(C)C=O)C(C)C. The fourth-order valence-corrected chi connectivity index (χ4v) is 4.67. The van der Waals surface area contributed by atoms with Crippen LogP contribution in [-0.2, 0) is 28.5 Å². The highest BCUT2D eigenvalue weighted by molar-refractivity contribution is 5.86. The highest BCUT2D eigenvalue weighted by atomic mass is 16.6. The summed E-state index contributed by atoms with van der Waals surface area (Å²) in [4.78, 5) is 37.2. The topological polar surface area (TPSA) is 105 Å². The molecule has 0 spiro atoms. The standard InChI is InChI=1S/C30H49NO8/c1-10-28(33)38-26(20(2)3)18-27(35-8)21(4)13-14-24(39-30(34)25-12-11-17-37-25)23(6)29(36-9)22(5)15-16-31(7)19-32/h11-12,15-17,19-24,26-27,29H,10,13-14,18H2,1-9H3/b16-15+/t21-,22+,23-,24+,26-,27-,29+/m0/s1. The maximum absolute atomic E-state index is 12.9. The van der Waals surface area contributed by atoms with E-state index in [-0.39, 0.29) is 53.7 Å². The molecule has 222 valence electrons. The minimum atomic E-state index is -0.530. The summed E-state index contributed by atoms with van der Waals surface area (Å²) in [6.07, 6.45) is 6.82. The van der Waals surface area contributed by atoms with Crippen LogP contribution in [0.3, 0.4) is 0 Å². The summed E-state index contributed by atoms with van der Waals surface area (Å²) in [5, 5.41) is 0. The number of rotatable bonds is 19. The Morgan fingerprint density at radius 2 is 1.69 bits per heavy atom. The maximum Gasteiger partial charge on any atom is 0.374 e. The van der Waals surface area contributed by atoms with Gasteiger partial charge in [-0.3, -0.25) is 9.59 Å². The van der Waals surface area contributed by atoms with Crippen molar-refractivity contribution in [3.05, 3.63) is 36.4 Å². The van der Waals surface area contributed by atoms with Crippen LogP contribution in [0.15, 0.2) is 35.1 Å². The zero-order valence-electron chi connectivity index (χ0n) is 25.1. The van der Waals surface area contributed by atoms with Gasteiger partial charge in [0.2, 0.25) is 12.2 Å². The number of methoxy groups -OCH3 is 2. The fourth-order valence-electron chi connectivity index (χ4n) is 4.67. The van der Waals surface area contributed by atoms with Gasteiger partial charge in [-0.15, -0.1) is 0 Å². The van der Waals surface area contributed by atoms with Crippen molar-refractivity contribution in [1.29, 1.82) is 0 Å². The molecule has 1 aromatic rings. The number of ether oxygens (including phenoxy) is 4. The van der Waals surface area contributed by atoms with Gasteiger partial charge in [0.05, 0.1) is 18.5 Å². The second kappa shape index (κ2) is 17.8. The average Bonchev–Trinajstić information content (AvgIpc) is 3.46. The molecule has 0 aliphatic carbocycles. The van der Waals surface area contributed by atoms with E-state index in [1.807, 2.05) is 33.8 Å². The van der Waals surface area contributed by atoms with Crippen LogP contribution in [0.5, 0.6) is 0 Å². The van der Waals surface area contributed by atoms with E-state index >= 15 is 0 Å². The number of furan rings is 1.